The summed E-state index contributed by atoms with van der Waals surface area (Å²) < 4.78 is 0.542. The SMILES string of the molecule is O=C(O)c1c[nH]c2c(Br)c(Cl)ccc2c1=O. The Morgan fingerprint density at radius 2 is 2.12 bits per heavy atom. The van der Waals surface area contributed by atoms with Crippen molar-refractivity contribution in [3.63, 3.8) is 0 Å². The molecule has 6 heteroatoms. The summed E-state index contributed by atoms with van der Waals surface area (Å²) in [5.74, 6) is -1.26. The number of aromatic amines is 1. The second-order valence-electron chi connectivity index (χ2n) is 3.12. The lowest BCUT2D eigenvalue weighted by atomic mass is 10.1. The van der Waals surface area contributed by atoms with E-state index in [9.17, 15) is 9.59 Å². The Labute approximate surface area is 103 Å². The van der Waals surface area contributed by atoms with Gasteiger partial charge in [-0.2, -0.15) is 0 Å². The molecule has 0 fully saturated rings. The van der Waals surface area contributed by atoms with E-state index in [1.54, 1.807) is 0 Å². The van der Waals surface area contributed by atoms with Gasteiger partial charge in [0, 0.05) is 11.6 Å². The van der Waals surface area contributed by atoms with E-state index in [-0.39, 0.29) is 10.9 Å². The Morgan fingerprint density at radius 3 is 2.75 bits per heavy atom. The van der Waals surface area contributed by atoms with Gasteiger partial charge in [-0.05, 0) is 28.1 Å². The van der Waals surface area contributed by atoms with Gasteiger partial charge in [0.25, 0.3) is 0 Å². The predicted molar refractivity (Wildman–Crippen MR) is 64.2 cm³/mol. The molecule has 1 aromatic carbocycles. The number of carboxylic acids is 1. The third-order valence-corrected chi connectivity index (χ3v) is 3.54. The lowest BCUT2D eigenvalue weighted by Crippen LogP contribution is -2.15. The third kappa shape index (κ3) is 1.62. The largest absolute Gasteiger partial charge is 0.477 e. The van der Waals surface area contributed by atoms with Crippen LogP contribution in [0.1, 0.15) is 10.4 Å². The Bertz CT molecular complexity index is 650. The molecule has 2 N–H and O–H groups in total. The lowest BCUT2D eigenvalue weighted by molar-refractivity contribution is 0.0695. The van der Waals surface area contributed by atoms with Crippen LogP contribution < -0.4 is 5.43 Å². The molecule has 1 heterocycles. The highest BCUT2D eigenvalue weighted by Crippen LogP contribution is 2.28. The van der Waals surface area contributed by atoms with E-state index in [0.29, 0.717) is 15.0 Å². The van der Waals surface area contributed by atoms with E-state index in [4.69, 9.17) is 16.7 Å². The number of fused-ring (bicyclic) bond motifs is 1. The predicted octanol–water partition coefficient (Wildman–Crippen LogP) is 2.64. The number of nitrogens with one attached hydrogen (secondary N) is 1. The fourth-order valence-electron chi connectivity index (χ4n) is 1.39. The molecular formula is C10H5BrClNO3. The van der Waals surface area contributed by atoms with Crippen LogP contribution in [-0.2, 0) is 0 Å². The van der Waals surface area contributed by atoms with E-state index in [0.717, 1.165) is 6.20 Å². The summed E-state index contributed by atoms with van der Waals surface area (Å²) in [6, 6.07) is 3.03. The molecule has 0 aliphatic heterocycles. The third-order valence-electron chi connectivity index (χ3n) is 2.18. The maximum Gasteiger partial charge on any atom is 0.341 e. The molecule has 4 nitrogen and oxygen atoms in total. The van der Waals surface area contributed by atoms with Crippen LogP contribution in [0.15, 0.2) is 27.6 Å². The van der Waals surface area contributed by atoms with Crippen molar-refractivity contribution in [3.8, 4) is 0 Å². The van der Waals surface area contributed by atoms with Crippen LogP contribution >= 0.6 is 27.5 Å². The number of aromatic carboxylic acids is 1. The Kier molecular flexibility index (Phi) is 2.73. The molecule has 0 bridgehead atoms. The molecule has 1 aromatic heterocycles. The van der Waals surface area contributed by atoms with Gasteiger partial charge in [-0.3, -0.25) is 4.79 Å². The topological polar surface area (TPSA) is 70.2 Å². The maximum atomic E-state index is 11.8. The van der Waals surface area contributed by atoms with Gasteiger partial charge in [0.15, 0.2) is 0 Å². The van der Waals surface area contributed by atoms with E-state index in [1.165, 1.54) is 12.1 Å². The molecule has 0 aliphatic rings. The highest BCUT2D eigenvalue weighted by atomic mass is 79.9. The number of hydrogen-bond donors (Lipinski definition) is 2. The van der Waals surface area contributed by atoms with Gasteiger partial charge in [-0.15, -0.1) is 0 Å². The summed E-state index contributed by atoms with van der Waals surface area (Å²) in [6.45, 7) is 0. The first kappa shape index (κ1) is 11.2. The summed E-state index contributed by atoms with van der Waals surface area (Å²) in [5, 5.41) is 9.53. The molecule has 0 radical (unpaired) electrons. The monoisotopic (exact) mass is 301 g/mol. The molecule has 0 saturated carbocycles. The highest BCUT2D eigenvalue weighted by Gasteiger charge is 2.13. The van der Waals surface area contributed by atoms with Crippen LogP contribution in [0, 0.1) is 0 Å². The number of rotatable bonds is 1. The number of carbonyl (C=O) groups is 1. The normalized spacial score (nSPS) is 10.6. The van der Waals surface area contributed by atoms with Crippen molar-refractivity contribution in [2.75, 3.05) is 0 Å². The van der Waals surface area contributed by atoms with Crippen LogP contribution in [0.3, 0.4) is 0 Å². The van der Waals surface area contributed by atoms with E-state index < -0.39 is 11.4 Å². The Morgan fingerprint density at radius 1 is 1.44 bits per heavy atom. The number of carboxylic acid groups (broad SMARTS) is 1. The van der Waals surface area contributed by atoms with Crippen molar-refractivity contribution >= 4 is 44.4 Å². The van der Waals surface area contributed by atoms with Crippen molar-refractivity contribution in [1.82, 2.24) is 4.98 Å². The van der Waals surface area contributed by atoms with Gasteiger partial charge in [-0.1, -0.05) is 11.6 Å². The summed E-state index contributed by atoms with van der Waals surface area (Å²) in [6.07, 6.45) is 1.16. The number of pyridine rings is 1. The molecule has 0 atom stereocenters. The average Bonchev–Trinajstić information content (AvgIpc) is 2.23. The van der Waals surface area contributed by atoms with Crippen molar-refractivity contribution in [2.24, 2.45) is 0 Å². The van der Waals surface area contributed by atoms with Crippen LogP contribution in [0.5, 0.6) is 0 Å². The Hall–Kier alpha value is -1.33. The molecule has 82 valence electrons. The summed E-state index contributed by atoms with van der Waals surface area (Å²) in [7, 11) is 0. The van der Waals surface area contributed by atoms with Crippen molar-refractivity contribution in [1.29, 1.82) is 0 Å². The summed E-state index contributed by atoms with van der Waals surface area (Å²) >= 11 is 9.08. The molecule has 0 amide bonds. The zero-order valence-corrected chi connectivity index (χ0v) is 10.1. The number of hydrogen-bond acceptors (Lipinski definition) is 2. The minimum atomic E-state index is -1.26. The first-order valence-electron chi connectivity index (χ1n) is 4.25. The fraction of sp³-hybridized carbons (Fsp3) is 0. The summed E-state index contributed by atoms with van der Waals surface area (Å²) in [4.78, 5) is 25.3. The standard InChI is InChI=1S/C10H5BrClNO3/c11-7-6(12)2-1-4-8(7)13-3-5(9(4)14)10(15)16/h1-3H,(H,13,14)(H,15,16). The van der Waals surface area contributed by atoms with Gasteiger partial charge in [0.05, 0.1) is 15.0 Å². The van der Waals surface area contributed by atoms with Gasteiger partial charge in [0.1, 0.15) is 5.56 Å². The zero-order valence-electron chi connectivity index (χ0n) is 7.75. The molecule has 0 unspecified atom stereocenters. The molecule has 0 saturated heterocycles. The second kappa shape index (κ2) is 3.92. The van der Waals surface area contributed by atoms with Crippen LogP contribution in [0.2, 0.25) is 5.02 Å². The molecule has 0 aliphatic carbocycles. The Balaban J connectivity index is 2.93. The van der Waals surface area contributed by atoms with Gasteiger partial charge in [-0.25, -0.2) is 4.79 Å². The van der Waals surface area contributed by atoms with Crippen LogP contribution in [0.25, 0.3) is 10.9 Å². The van der Waals surface area contributed by atoms with Crippen LogP contribution in [0.4, 0.5) is 0 Å². The first-order chi connectivity index (χ1) is 7.52. The average molecular weight is 303 g/mol. The number of H-pyrrole nitrogens is 1. The van der Waals surface area contributed by atoms with Crippen molar-refractivity contribution < 1.29 is 9.90 Å². The molecule has 16 heavy (non-hydrogen) atoms. The number of benzene rings is 1. The van der Waals surface area contributed by atoms with Gasteiger partial charge >= 0.3 is 5.97 Å². The number of aromatic nitrogens is 1. The van der Waals surface area contributed by atoms with Crippen molar-refractivity contribution in [3.05, 3.63) is 43.6 Å². The molecule has 2 aromatic rings. The zero-order chi connectivity index (χ0) is 11.9. The lowest BCUT2D eigenvalue weighted by Gasteiger charge is -2.03. The maximum absolute atomic E-state index is 11.8. The fourth-order valence-corrected chi connectivity index (χ4v) is 2.01. The van der Waals surface area contributed by atoms with E-state index in [2.05, 4.69) is 20.9 Å². The molecule has 2 rings (SSSR count). The quantitative estimate of drug-likeness (QED) is 0.851. The molecular weight excluding hydrogens is 297 g/mol. The van der Waals surface area contributed by atoms with Crippen molar-refractivity contribution in [2.45, 2.75) is 0 Å². The summed E-state index contributed by atoms with van der Waals surface area (Å²) in [5.41, 5.74) is -0.331. The first-order valence-corrected chi connectivity index (χ1v) is 5.42. The minimum Gasteiger partial charge on any atom is -0.477 e. The van der Waals surface area contributed by atoms with E-state index >= 15 is 0 Å². The molecule has 0 spiro atoms. The number of halogens is 2. The van der Waals surface area contributed by atoms with Gasteiger partial charge < -0.3 is 10.1 Å². The van der Waals surface area contributed by atoms with Gasteiger partial charge in [0.2, 0.25) is 5.43 Å². The minimum absolute atomic E-state index is 0.288. The van der Waals surface area contributed by atoms with Crippen LogP contribution in [-0.4, -0.2) is 16.1 Å². The highest BCUT2D eigenvalue weighted by molar-refractivity contribution is 9.10. The second-order valence-corrected chi connectivity index (χ2v) is 4.32. The smallest absolute Gasteiger partial charge is 0.341 e. The van der Waals surface area contributed by atoms with E-state index in [1.807, 2.05) is 0 Å².